The van der Waals surface area contributed by atoms with Crippen LogP contribution in [-0.2, 0) is 4.74 Å². The molecule has 0 heterocycles. The van der Waals surface area contributed by atoms with Gasteiger partial charge in [-0.3, -0.25) is 0 Å². The predicted octanol–water partition coefficient (Wildman–Crippen LogP) is 8.29. The van der Waals surface area contributed by atoms with Gasteiger partial charge in [0.15, 0.2) is 0 Å². The molecule has 33 heavy (non-hydrogen) atoms. The summed E-state index contributed by atoms with van der Waals surface area (Å²) in [7, 11) is 3.25. The van der Waals surface area contributed by atoms with Gasteiger partial charge in [0.2, 0.25) is 0 Å². The maximum absolute atomic E-state index is 10.2. The number of aliphatic hydroxyl groups is 1. The molecule has 0 aromatic carbocycles. The monoisotopic (exact) mass is 460 g/mol. The van der Waals surface area contributed by atoms with Crippen molar-refractivity contribution >= 4 is 0 Å². The fraction of sp³-hybridized carbons (Fsp3) is 0.935. The molecule has 0 radical (unpaired) electrons. The van der Waals surface area contributed by atoms with E-state index in [0.29, 0.717) is 10.8 Å². The van der Waals surface area contributed by atoms with Gasteiger partial charge in [0.05, 0.1) is 6.10 Å². The molecule has 3 fully saturated rings. The minimum absolute atomic E-state index is 0.0794. The Morgan fingerprint density at radius 3 is 2.33 bits per heavy atom. The van der Waals surface area contributed by atoms with Crippen molar-refractivity contribution < 1.29 is 9.84 Å². The summed E-state index contributed by atoms with van der Waals surface area (Å²) in [4.78, 5) is 0. The second-order valence-electron chi connectivity index (χ2n) is 13.3. The first-order chi connectivity index (χ1) is 15.6. The van der Waals surface area contributed by atoms with E-state index in [-0.39, 0.29) is 6.10 Å². The van der Waals surface area contributed by atoms with Crippen molar-refractivity contribution in [2.75, 3.05) is 14.2 Å². The Labute approximate surface area is 206 Å². The largest absolute Gasteiger partial charge is 0.393 e. The van der Waals surface area contributed by atoms with Crippen LogP contribution in [0.2, 0.25) is 0 Å². The average molecular weight is 461 g/mol. The Morgan fingerprint density at radius 1 is 1.00 bits per heavy atom. The zero-order valence-corrected chi connectivity index (χ0v) is 23.3. The minimum Gasteiger partial charge on any atom is -0.393 e. The molecule has 0 unspecified atom stereocenters. The van der Waals surface area contributed by atoms with E-state index in [1.165, 1.54) is 57.8 Å². The van der Waals surface area contributed by atoms with Crippen molar-refractivity contribution in [3.8, 4) is 0 Å². The Bertz CT molecular complexity index is 653. The first-order valence-corrected chi connectivity index (χ1v) is 14.4. The molecule has 192 valence electrons. The second kappa shape index (κ2) is 11.2. The minimum atomic E-state index is -0.0794. The summed E-state index contributed by atoms with van der Waals surface area (Å²) < 4.78 is 4.25. The van der Waals surface area contributed by atoms with E-state index in [4.69, 9.17) is 0 Å². The molecular formula is C31H56O2. The molecule has 4 aliphatic rings. The van der Waals surface area contributed by atoms with E-state index in [9.17, 15) is 5.11 Å². The van der Waals surface area contributed by atoms with E-state index in [1.807, 2.05) is 0 Å². The summed E-state index contributed by atoms with van der Waals surface area (Å²) in [6.45, 7) is 15.1. The third kappa shape index (κ3) is 5.28. The fourth-order valence-corrected chi connectivity index (χ4v) is 9.30. The highest BCUT2D eigenvalue weighted by Gasteiger charge is 2.59. The van der Waals surface area contributed by atoms with Gasteiger partial charge < -0.3 is 9.84 Å². The van der Waals surface area contributed by atoms with Gasteiger partial charge in [0, 0.05) is 14.2 Å². The number of ether oxygens (including phenoxy) is 1. The van der Waals surface area contributed by atoms with Crippen LogP contribution in [0.25, 0.3) is 0 Å². The van der Waals surface area contributed by atoms with Crippen LogP contribution in [0.1, 0.15) is 112 Å². The lowest BCUT2D eigenvalue weighted by atomic mass is 9.47. The molecule has 0 aromatic heterocycles. The Kier molecular flexibility index (Phi) is 9.21. The number of methoxy groups -OCH3 is 1. The smallest absolute Gasteiger partial charge is 0.0577 e. The van der Waals surface area contributed by atoms with Crippen molar-refractivity contribution in [2.24, 2.45) is 52.3 Å². The van der Waals surface area contributed by atoms with E-state index in [0.717, 1.165) is 54.3 Å². The van der Waals surface area contributed by atoms with Crippen LogP contribution >= 0.6 is 0 Å². The van der Waals surface area contributed by atoms with Crippen molar-refractivity contribution in [1.82, 2.24) is 0 Å². The maximum Gasteiger partial charge on any atom is 0.0577 e. The lowest BCUT2D eigenvalue weighted by Crippen LogP contribution is -2.50. The van der Waals surface area contributed by atoms with Crippen molar-refractivity contribution in [3.63, 3.8) is 0 Å². The lowest BCUT2D eigenvalue weighted by Gasteiger charge is -2.58. The molecule has 3 saturated carbocycles. The molecule has 9 atom stereocenters. The van der Waals surface area contributed by atoms with Gasteiger partial charge in [0.1, 0.15) is 0 Å². The molecule has 2 nitrogen and oxygen atoms in total. The summed E-state index contributed by atoms with van der Waals surface area (Å²) >= 11 is 0. The average Bonchev–Trinajstić information content (AvgIpc) is 3.12. The van der Waals surface area contributed by atoms with E-state index in [2.05, 4.69) is 52.4 Å². The van der Waals surface area contributed by atoms with Crippen LogP contribution in [0.15, 0.2) is 11.6 Å². The highest BCUT2D eigenvalue weighted by Crippen LogP contribution is 2.67. The first-order valence-electron chi connectivity index (χ1n) is 14.4. The quantitative estimate of drug-likeness (QED) is 0.404. The summed E-state index contributed by atoms with van der Waals surface area (Å²) in [6, 6.07) is 0. The van der Waals surface area contributed by atoms with Crippen molar-refractivity contribution in [2.45, 2.75) is 118 Å². The highest BCUT2D eigenvalue weighted by atomic mass is 16.4. The lowest BCUT2D eigenvalue weighted by molar-refractivity contribution is -0.0575. The van der Waals surface area contributed by atoms with Gasteiger partial charge >= 0.3 is 0 Å². The SMILES string of the molecule is CC[C@H](CC[C@@H](C)[C@H]1CC[C@H]2[C@@H]3CC=C4C[C@@H](O)CC[C@]4(C)[C@H]3CC[C@]12C)C(C)C.COC. The van der Waals surface area contributed by atoms with Gasteiger partial charge in [-0.15, -0.1) is 0 Å². The zero-order valence-electron chi connectivity index (χ0n) is 23.3. The number of rotatable bonds is 6. The van der Waals surface area contributed by atoms with Crippen LogP contribution < -0.4 is 0 Å². The molecule has 0 spiro atoms. The number of hydrogen-bond donors (Lipinski definition) is 1. The van der Waals surface area contributed by atoms with Gasteiger partial charge in [-0.05, 0) is 110 Å². The van der Waals surface area contributed by atoms with Crippen LogP contribution in [0.4, 0.5) is 0 Å². The van der Waals surface area contributed by atoms with Crippen LogP contribution in [0.3, 0.4) is 0 Å². The standard InChI is InChI=1S/C29H50O.C2H6O/c1-7-21(19(2)3)9-8-20(4)25-12-13-26-24-11-10-22-18-23(30)14-16-28(22,5)27(24)15-17-29(25,26)6;1-3-2/h10,19-21,23-27,30H,7-9,11-18H2,1-6H3;1-2H3/t20-,21-,23+,24+,25-,26+,27+,28+,29-;/m1./s1. The number of hydrogen-bond acceptors (Lipinski definition) is 2. The Balaban J connectivity index is 0.000000968. The van der Waals surface area contributed by atoms with Crippen molar-refractivity contribution in [1.29, 1.82) is 0 Å². The van der Waals surface area contributed by atoms with Crippen LogP contribution in [0.5, 0.6) is 0 Å². The molecule has 0 aliphatic heterocycles. The predicted molar refractivity (Wildman–Crippen MR) is 141 cm³/mol. The van der Waals surface area contributed by atoms with Gasteiger partial charge in [-0.25, -0.2) is 0 Å². The normalized spacial score (nSPS) is 41.8. The fourth-order valence-electron chi connectivity index (χ4n) is 9.30. The van der Waals surface area contributed by atoms with Gasteiger partial charge in [-0.1, -0.05) is 66.0 Å². The highest BCUT2D eigenvalue weighted by molar-refractivity contribution is 5.25. The maximum atomic E-state index is 10.2. The summed E-state index contributed by atoms with van der Waals surface area (Å²) in [6.07, 6.45) is 17.1. The molecule has 0 aromatic rings. The topological polar surface area (TPSA) is 29.5 Å². The van der Waals surface area contributed by atoms with Gasteiger partial charge in [-0.2, -0.15) is 0 Å². The number of fused-ring (bicyclic) bond motifs is 5. The number of allylic oxidation sites excluding steroid dienone is 1. The van der Waals surface area contributed by atoms with Crippen LogP contribution in [-0.4, -0.2) is 25.4 Å². The molecule has 4 rings (SSSR count). The van der Waals surface area contributed by atoms with E-state index < -0.39 is 0 Å². The third-order valence-corrected chi connectivity index (χ3v) is 11.3. The molecule has 0 saturated heterocycles. The molecule has 0 bridgehead atoms. The van der Waals surface area contributed by atoms with Crippen molar-refractivity contribution in [3.05, 3.63) is 11.6 Å². The zero-order chi connectivity index (χ0) is 24.4. The summed E-state index contributed by atoms with van der Waals surface area (Å²) in [5, 5.41) is 10.2. The third-order valence-electron chi connectivity index (χ3n) is 11.3. The molecule has 2 heteroatoms. The first kappa shape index (κ1) is 27.3. The molecular weight excluding hydrogens is 404 g/mol. The van der Waals surface area contributed by atoms with E-state index in [1.54, 1.807) is 19.8 Å². The van der Waals surface area contributed by atoms with Gasteiger partial charge in [0.25, 0.3) is 0 Å². The number of aliphatic hydroxyl groups excluding tert-OH is 1. The Hall–Kier alpha value is -0.340. The summed E-state index contributed by atoms with van der Waals surface area (Å²) in [5.74, 6) is 6.31. The summed E-state index contributed by atoms with van der Waals surface area (Å²) in [5.41, 5.74) is 2.59. The van der Waals surface area contributed by atoms with E-state index >= 15 is 0 Å². The van der Waals surface area contributed by atoms with Crippen LogP contribution in [0, 0.1) is 52.3 Å². The molecule has 0 amide bonds. The molecule has 1 N–H and O–H groups in total. The molecule has 4 aliphatic carbocycles. The second-order valence-corrected chi connectivity index (χ2v) is 13.3. The Morgan fingerprint density at radius 2 is 1.70 bits per heavy atom.